The van der Waals surface area contributed by atoms with Gasteiger partial charge in [0.2, 0.25) is 5.88 Å². The highest BCUT2D eigenvalue weighted by Crippen LogP contribution is 2.43. The van der Waals surface area contributed by atoms with E-state index in [2.05, 4.69) is 15.7 Å². The normalized spacial score (nSPS) is 16.5. The first kappa shape index (κ1) is 30.2. The average molecular weight is 604 g/mol. The lowest BCUT2D eigenvalue weighted by molar-refractivity contribution is 0.0901. The van der Waals surface area contributed by atoms with Crippen molar-refractivity contribution in [3.63, 3.8) is 0 Å². The topological polar surface area (TPSA) is 128 Å². The molecule has 1 aliphatic carbocycles. The maximum Gasteiger partial charge on any atom is 0.279 e. The summed E-state index contributed by atoms with van der Waals surface area (Å²) < 4.78 is 12.5. The van der Waals surface area contributed by atoms with Gasteiger partial charge < -0.3 is 25.2 Å². The molecule has 11 heteroatoms. The van der Waals surface area contributed by atoms with Crippen molar-refractivity contribution in [2.75, 3.05) is 19.5 Å². The van der Waals surface area contributed by atoms with E-state index < -0.39 is 11.5 Å². The summed E-state index contributed by atoms with van der Waals surface area (Å²) in [6.45, 7) is 0.521. The number of carbonyl (C=O) groups is 1. The minimum atomic E-state index is -0.581. The highest BCUT2D eigenvalue weighted by atomic mass is 35.5. The molecular weight excluding hydrogens is 570 g/mol. The summed E-state index contributed by atoms with van der Waals surface area (Å²) in [5, 5.41) is 20.9. The number of aromatic nitrogens is 3. The molecule has 2 aromatic heterocycles. The van der Waals surface area contributed by atoms with Gasteiger partial charge in [0.1, 0.15) is 11.3 Å². The Hall–Kier alpha value is -4.25. The zero-order chi connectivity index (χ0) is 30.5. The van der Waals surface area contributed by atoms with Crippen molar-refractivity contribution in [2.45, 2.75) is 44.4 Å². The number of rotatable bonds is 9. The molecular formula is C32H34ClN5O5. The molecule has 0 aliphatic heterocycles. The summed E-state index contributed by atoms with van der Waals surface area (Å²) >= 11 is 7.00. The van der Waals surface area contributed by atoms with Crippen molar-refractivity contribution < 1.29 is 19.4 Å². The molecule has 43 heavy (non-hydrogen) atoms. The van der Waals surface area contributed by atoms with Crippen LogP contribution in [0.5, 0.6) is 11.6 Å². The average Bonchev–Trinajstić information content (AvgIpc) is 3.02. The van der Waals surface area contributed by atoms with Gasteiger partial charge in [-0.2, -0.15) is 5.10 Å². The van der Waals surface area contributed by atoms with Gasteiger partial charge in [0.05, 0.1) is 36.7 Å². The summed E-state index contributed by atoms with van der Waals surface area (Å²) in [4.78, 5) is 30.1. The lowest BCUT2D eigenvalue weighted by atomic mass is 9.92. The van der Waals surface area contributed by atoms with Crippen LogP contribution in [0.1, 0.15) is 41.6 Å². The first-order chi connectivity index (χ1) is 20.8. The third-order valence-corrected chi connectivity index (χ3v) is 8.11. The number of amides is 1. The van der Waals surface area contributed by atoms with E-state index >= 15 is 0 Å². The summed E-state index contributed by atoms with van der Waals surface area (Å²) in [5.74, 6) is 0.279. The Balaban J connectivity index is 1.44. The highest BCUT2D eigenvalue weighted by Gasteiger charge is 2.23. The number of nitrogens with one attached hydrogen (secondary N) is 2. The van der Waals surface area contributed by atoms with Gasteiger partial charge in [0.15, 0.2) is 0 Å². The molecule has 0 unspecified atom stereocenters. The maximum absolute atomic E-state index is 13.0. The summed E-state index contributed by atoms with van der Waals surface area (Å²) in [6, 6.07) is 16.2. The fraction of sp³-hybridized carbons (Fsp3) is 0.312. The number of ether oxygens (including phenoxy) is 2. The SMILES string of the molecule is COc1nc(-c2cccc(-c3cccc(NC(=O)c4ccnn(C)c4=O)c3OC)c2Cl)ccc1CN[C@@H]1CCCC[C@@H]1O. The van der Waals surface area contributed by atoms with Crippen LogP contribution in [0.4, 0.5) is 5.69 Å². The summed E-state index contributed by atoms with van der Waals surface area (Å²) in [6.07, 6.45) is 4.95. The molecule has 5 rings (SSSR count). The Morgan fingerprint density at radius 2 is 1.77 bits per heavy atom. The van der Waals surface area contributed by atoms with E-state index in [-0.39, 0.29) is 17.7 Å². The quantitative estimate of drug-likeness (QED) is 0.248. The van der Waals surface area contributed by atoms with Gasteiger partial charge in [-0.05, 0) is 31.0 Å². The van der Waals surface area contributed by atoms with Gasteiger partial charge in [0, 0.05) is 48.1 Å². The van der Waals surface area contributed by atoms with E-state index in [0.717, 1.165) is 35.9 Å². The van der Waals surface area contributed by atoms with Crippen LogP contribution in [0.25, 0.3) is 22.4 Å². The van der Waals surface area contributed by atoms with Gasteiger partial charge in [-0.15, -0.1) is 0 Å². The largest absolute Gasteiger partial charge is 0.494 e. The number of anilines is 1. The highest BCUT2D eigenvalue weighted by molar-refractivity contribution is 6.36. The van der Waals surface area contributed by atoms with E-state index in [1.54, 1.807) is 19.2 Å². The second-order valence-electron chi connectivity index (χ2n) is 10.4. The Labute approximate surface area is 254 Å². The molecule has 0 spiro atoms. The standard InChI is InChI=1S/C32H34ClN5O5/c1-38-32(41)23(16-17-35-38)30(40)36-26-12-7-9-21(29(26)42-2)20-8-6-10-22(28(20)33)24-15-14-19(31(37-24)43-3)18-34-25-11-4-5-13-27(25)39/h6-10,12,14-17,25,27,34,39H,4-5,11,13,18H2,1-3H3,(H,36,40)/t25-,27+/m1/s1. The first-order valence-electron chi connectivity index (χ1n) is 14.1. The molecule has 4 aromatic rings. The predicted octanol–water partition coefficient (Wildman–Crippen LogP) is 4.83. The number of aliphatic hydroxyl groups excluding tert-OH is 1. The van der Waals surface area contributed by atoms with E-state index in [9.17, 15) is 14.7 Å². The predicted molar refractivity (Wildman–Crippen MR) is 166 cm³/mol. The van der Waals surface area contributed by atoms with Gasteiger partial charge in [-0.25, -0.2) is 9.67 Å². The fourth-order valence-electron chi connectivity index (χ4n) is 5.39. The Bertz CT molecular complexity index is 1690. The molecule has 0 bridgehead atoms. The Morgan fingerprint density at radius 3 is 2.53 bits per heavy atom. The monoisotopic (exact) mass is 603 g/mol. The van der Waals surface area contributed by atoms with Crippen LogP contribution < -0.4 is 25.7 Å². The van der Waals surface area contributed by atoms with Crippen LogP contribution in [0.3, 0.4) is 0 Å². The van der Waals surface area contributed by atoms with E-state index in [0.29, 0.717) is 51.3 Å². The third kappa shape index (κ3) is 6.41. The molecule has 1 amide bonds. The Kier molecular flexibility index (Phi) is 9.40. The minimum Gasteiger partial charge on any atom is -0.494 e. The number of halogens is 1. The number of methoxy groups -OCH3 is 2. The number of carbonyl (C=O) groups excluding carboxylic acids is 1. The van der Waals surface area contributed by atoms with Crippen LogP contribution in [-0.2, 0) is 13.6 Å². The summed E-state index contributed by atoms with van der Waals surface area (Å²) in [7, 11) is 4.56. The van der Waals surface area contributed by atoms with Crippen molar-refractivity contribution in [2.24, 2.45) is 7.05 Å². The van der Waals surface area contributed by atoms with Gasteiger partial charge in [-0.3, -0.25) is 9.59 Å². The minimum absolute atomic E-state index is 0.0430. The second kappa shape index (κ2) is 13.4. The van der Waals surface area contributed by atoms with Crippen LogP contribution in [-0.4, -0.2) is 52.1 Å². The third-order valence-electron chi connectivity index (χ3n) is 7.70. The number of pyridine rings is 1. The molecule has 3 N–H and O–H groups in total. The van der Waals surface area contributed by atoms with Crippen LogP contribution in [0.15, 0.2) is 65.6 Å². The zero-order valence-electron chi connectivity index (χ0n) is 24.3. The Morgan fingerprint density at radius 1 is 1.02 bits per heavy atom. The van der Waals surface area contributed by atoms with Gasteiger partial charge in [-0.1, -0.05) is 60.8 Å². The number of hydrogen-bond donors (Lipinski definition) is 3. The lowest BCUT2D eigenvalue weighted by Crippen LogP contribution is -2.41. The summed E-state index contributed by atoms with van der Waals surface area (Å²) in [5.41, 5.74) is 3.34. The molecule has 0 saturated heterocycles. The molecule has 2 heterocycles. The molecule has 2 aromatic carbocycles. The molecule has 10 nitrogen and oxygen atoms in total. The number of hydrogen-bond acceptors (Lipinski definition) is 8. The van der Waals surface area contributed by atoms with Crippen LogP contribution in [0, 0.1) is 0 Å². The van der Waals surface area contributed by atoms with Gasteiger partial charge >= 0.3 is 0 Å². The number of benzene rings is 2. The van der Waals surface area contributed by atoms with Crippen molar-refractivity contribution >= 4 is 23.2 Å². The first-order valence-corrected chi connectivity index (χ1v) is 14.5. The number of aryl methyl sites for hydroxylation is 1. The molecule has 1 saturated carbocycles. The number of nitrogens with zero attached hydrogens (tertiary/aromatic N) is 3. The number of aliphatic hydroxyl groups is 1. The second-order valence-corrected chi connectivity index (χ2v) is 10.8. The van der Waals surface area contributed by atoms with Crippen molar-refractivity contribution in [1.29, 1.82) is 0 Å². The number of para-hydroxylation sites is 1. The van der Waals surface area contributed by atoms with E-state index in [1.165, 1.54) is 26.4 Å². The maximum atomic E-state index is 13.0. The molecule has 1 aliphatic rings. The fourth-order valence-corrected chi connectivity index (χ4v) is 5.72. The van der Waals surface area contributed by atoms with E-state index in [1.807, 2.05) is 36.4 Å². The van der Waals surface area contributed by atoms with Crippen LogP contribution in [0.2, 0.25) is 5.02 Å². The van der Waals surface area contributed by atoms with Crippen molar-refractivity contribution in [3.05, 3.63) is 87.3 Å². The molecule has 0 radical (unpaired) electrons. The van der Waals surface area contributed by atoms with E-state index in [4.69, 9.17) is 26.1 Å². The molecule has 2 atom stereocenters. The molecule has 1 fully saturated rings. The molecule has 224 valence electrons. The van der Waals surface area contributed by atoms with Crippen molar-refractivity contribution in [1.82, 2.24) is 20.1 Å². The van der Waals surface area contributed by atoms with Crippen LogP contribution >= 0.6 is 11.6 Å². The van der Waals surface area contributed by atoms with Crippen molar-refractivity contribution in [3.8, 4) is 34.0 Å². The lowest BCUT2D eigenvalue weighted by Gasteiger charge is -2.28. The smallest absolute Gasteiger partial charge is 0.279 e. The van der Waals surface area contributed by atoms with Gasteiger partial charge in [0.25, 0.3) is 11.5 Å². The zero-order valence-corrected chi connectivity index (χ0v) is 25.0.